The molecule has 2 N–H and O–H groups in total. The van der Waals surface area contributed by atoms with Gasteiger partial charge in [-0.3, -0.25) is 9.78 Å². The number of nitrogens with zero attached hydrogens (tertiary/aromatic N) is 2. The number of rotatable bonds is 6. The normalized spacial score (nSPS) is 11.1. The molecule has 0 fully saturated rings. The second-order valence-corrected chi connectivity index (χ2v) is 6.04. The van der Waals surface area contributed by atoms with Gasteiger partial charge in [0.2, 0.25) is 5.95 Å². The highest BCUT2D eigenvalue weighted by atomic mass is 79.9. The maximum Gasteiger partial charge on any atom is 0.252 e. The van der Waals surface area contributed by atoms with Crippen molar-refractivity contribution in [1.82, 2.24) is 9.97 Å². The molecule has 1 aromatic heterocycles. The van der Waals surface area contributed by atoms with E-state index in [0.717, 1.165) is 5.56 Å². The molecule has 128 valence electrons. The van der Waals surface area contributed by atoms with Crippen LogP contribution in [0, 0.1) is 0 Å². The molecule has 2 aromatic rings. The standard InChI is InChI=1S/C16H19BrN4O3/c1-9(2)11-7-13(22)20-16(19-11)21-18-8-10-5-6-12(23-3)15(24-4)14(10)17/h5-9H,1-4H3,(H2,19,20,21,22)/b18-8-. The van der Waals surface area contributed by atoms with Crippen molar-refractivity contribution in [3.63, 3.8) is 0 Å². The predicted octanol–water partition coefficient (Wildman–Crippen LogP) is 3.12. The lowest BCUT2D eigenvalue weighted by molar-refractivity contribution is 0.353. The number of ether oxygens (including phenoxy) is 2. The summed E-state index contributed by atoms with van der Waals surface area (Å²) >= 11 is 3.46. The SMILES string of the molecule is COc1ccc(/C=N\Nc2nc(C(C)C)cc(=O)[nH]2)c(Br)c1OC. The zero-order valence-electron chi connectivity index (χ0n) is 13.9. The fourth-order valence-electron chi connectivity index (χ4n) is 1.99. The first-order chi connectivity index (χ1) is 11.5. The van der Waals surface area contributed by atoms with E-state index in [1.807, 2.05) is 19.9 Å². The first-order valence-corrected chi connectivity index (χ1v) is 8.06. The average molecular weight is 395 g/mol. The van der Waals surface area contributed by atoms with E-state index in [4.69, 9.17) is 9.47 Å². The molecule has 24 heavy (non-hydrogen) atoms. The average Bonchev–Trinajstić information content (AvgIpc) is 2.55. The summed E-state index contributed by atoms with van der Waals surface area (Å²) in [6, 6.07) is 5.09. The van der Waals surface area contributed by atoms with Crippen molar-refractivity contribution in [2.45, 2.75) is 19.8 Å². The van der Waals surface area contributed by atoms with Crippen LogP contribution in [0.2, 0.25) is 0 Å². The van der Waals surface area contributed by atoms with E-state index < -0.39 is 0 Å². The molecule has 1 heterocycles. The monoisotopic (exact) mass is 394 g/mol. The summed E-state index contributed by atoms with van der Waals surface area (Å²) in [7, 11) is 3.14. The van der Waals surface area contributed by atoms with Crippen LogP contribution in [0.15, 0.2) is 32.6 Å². The Balaban J connectivity index is 2.22. The van der Waals surface area contributed by atoms with Gasteiger partial charge in [-0.25, -0.2) is 10.4 Å². The van der Waals surface area contributed by atoms with Crippen LogP contribution in [0.3, 0.4) is 0 Å². The molecule has 0 saturated heterocycles. The van der Waals surface area contributed by atoms with Crippen LogP contribution in [-0.2, 0) is 0 Å². The third-order valence-electron chi connectivity index (χ3n) is 3.24. The molecule has 2 rings (SSSR count). The molecule has 1 aromatic carbocycles. The Morgan fingerprint density at radius 3 is 2.71 bits per heavy atom. The first kappa shape index (κ1) is 18.0. The molecular formula is C16H19BrN4O3. The van der Waals surface area contributed by atoms with Crippen molar-refractivity contribution in [3.8, 4) is 11.5 Å². The number of H-pyrrole nitrogens is 1. The van der Waals surface area contributed by atoms with Crippen LogP contribution in [0.4, 0.5) is 5.95 Å². The van der Waals surface area contributed by atoms with Crippen molar-refractivity contribution < 1.29 is 9.47 Å². The Morgan fingerprint density at radius 1 is 1.33 bits per heavy atom. The summed E-state index contributed by atoms with van der Waals surface area (Å²) in [4.78, 5) is 18.5. The van der Waals surface area contributed by atoms with E-state index in [-0.39, 0.29) is 11.5 Å². The van der Waals surface area contributed by atoms with E-state index in [1.54, 1.807) is 26.5 Å². The minimum absolute atomic E-state index is 0.150. The summed E-state index contributed by atoms with van der Waals surface area (Å²) in [5.41, 5.74) is 3.99. The maximum absolute atomic E-state index is 11.6. The number of aromatic nitrogens is 2. The van der Waals surface area contributed by atoms with E-state index in [2.05, 4.69) is 36.4 Å². The van der Waals surface area contributed by atoms with Gasteiger partial charge < -0.3 is 9.47 Å². The summed E-state index contributed by atoms with van der Waals surface area (Å²) in [6.07, 6.45) is 1.59. The second kappa shape index (κ2) is 7.96. The molecule has 0 aliphatic heterocycles. The molecule has 0 spiro atoms. The molecule has 0 bridgehead atoms. The molecule has 0 radical (unpaired) electrons. The highest BCUT2D eigenvalue weighted by Crippen LogP contribution is 2.36. The second-order valence-electron chi connectivity index (χ2n) is 5.25. The van der Waals surface area contributed by atoms with Gasteiger partial charge in [0, 0.05) is 11.6 Å². The number of hydrogen-bond donors (Lipinski definition) is 2. The zero-order valence-corrected chi connectivity index (χ0v) is 15.5. The number of hydrogen-bond acceptors (Lipinski definition) is 6. The van der Waals surface area contributed by atoms with Gasteiger partial charge in [-0.05, 0) is 34.0 Å². The van der Waals surface area contributed by atoms with Gasteiger partial charge in [-0.15, -0.1) is 0 Å². The van der Waals surface area contributed by atoms with Crippen molar-refractivity contribution in [3.05, 3.63) is 44.3 Å². The topological polar surface area (TPSA) is 88.6 Å². The third kappa shape index (κ3) is 4.14. The summed E-state index contributed by atoms with van der Waals surface area (Å²) in [5, 5.41) is 4.11. The number of halogens is 1. The fourth-order valence-corrected chi connectivity index (χ4v) is 2.58. The molecule has 0 saturated carbocycles. The zero-order chi connectivity index (χ0) is 17.7. The van der Waals surface area contributed by atoms with Crippen LogP contribution < -0.4 is 20.5 Å². The molecule has 0 unspecified atom stereocenters. The number of benzene rings is 1. The lowest BCUT2D eigenvalue weighted by atomic mass is 10.1. The molecule has 7 nitrogen and oxygen atoms in total. The number of aromatic amines is 1. The Hall–Kier alpha value is -2.35. The lowest BCUT2D eigenvalue weighted by Gasteiger charge is -2.11. The quantitative estimate of drug-likeness (QED) is 0.580. The first-order valence-electron chi connectivity index (χ1n) is 7.27. The van der Waals surface area contributed by atoms with Gasteiger partial charge in [0.05, 0.1) is 30.6 Å². The van der Waals surface area contributed by atoms with E-state index in [1.165, 1.54) is 6.07 Å². The fraction of sp³-hybridized carbons (Fsp3) is 0.312. The molecular weight excluding hydrogens is 376 g/mol. The van der Waals surface area contributed by atoms with Crippen LogP contribution >= 0.6 is 15.9 Å². The largest absolute Gasteiger partial charge is 0.493 e. The highest BCUT2D eigenvalue weighted by Gasteiger charge is 2.11. The van der Waals surface area contributed by atoms with E-state index >= 15 is 0 Å². The van der Waals surface area contributed by atoms with Crippen molar-refractivity contribution >= 4 is 28.1 Å². The van der Waals surface area contributed by atoms with Gasteiger partial charge >= 0.3 is 0 Å². The minimum Gasteiger partial charge on any atom is -0.493 e. The Bertz CT molecular complexity index is 802. The Kier molecular flexibility index (Phi) is 5.97. The molecule has 8 heteroatoms. The van der Waals surface area contributed by atoms with Gasteiger partial charge in [0.25, 0.3) is 5.56 Å². The number of hydrazone groups is 1. The Morgan fingerprint density at radius 2 is 2.08 bits per heavy atom. The van der Waals surface area contributed by atoms with Gasteiger partial charge in [0.1, 0.15) is 0 Å². The van der Waals surface area contributed by atoms with Crippen molar-refractivity contribution in [2.24, 2.45) is 5.10 Å². The maximum atomic E-state index is 11.6. The Labute approximate surface area is 148 Å². The number of anilines is 1. The van der Waals surface area contributed by atoms with Crippen LogP contribution in [0.25, 0.3) is 0 Å². The lowest BCUT2D eigenvalue weighted by Crippen LogP contribution is -2.12. The molecule has 0 aliphatic carbocycles. The van der Waals surface area contributed by atoms with Gasteiger partial charge in [-0.1, -0.05) is 13.8 Å². The summed E-state index contributed by atoms with van der Waals surface area (Å²) in [6.45, 7) is 3.94. The minimum atomic E-state index is -0.223. The summed E-state index contributed by atoms with van der Waals surface area (Å²) < 4.78 is 11.3. The highest BCUT2D eigenvalue weighted by molar-refractivity contribution is 9.10. The summed E-state index contributed by atoms with van der Waals surface area (Å²) in [5.74, 6) is 1.63. The third-order valence-corrected chi connectivity index (χ3v) is 4.06. The van der Waals surface area contributed by atoms with Crippen molar-refractivity contribution in [1.29, 1.82) is 0 Å². The van der Waals surface area contributed by atoms with E-state index in [0.29, 0.717) is 27.6 Å². The molecule has 0 aliphatic rings. The van der Waals surface area contributed by atoms with Crippen LogP contribution in [0.1, 0.15) is 31.0 Å². The predicted molar refractivity (Wildman–Crippen MR) is 97.4 cm³/mol. The number of methoxy groups -OCH3 is 2. The van der Waals surface area contributed by atoms with Crippen LogP contribution in [-0.4, -0.2) is 30.4 Å². The van der Waals surface area contributed by atoms with Gasteiger partial charge in [-0.2, -0.15) is 5.10 Å². The molecule has 0 amide bonds. The smallest absolute Gasteiger partial charge is 0.252 e. The number of nitrogens with one attached hydrogen (secondary N) is 2. The van der Waals surface area contributed by atoms with E-state index in [9.17, 15) is 4.79 Å². The van der Waals surface area contributed by atoms with Crippen LogP contribution in [0.5, 0.6) is 11.5 Å². The van der Waals surface area contributed by atoms with Crippen molar-refractivity contribution in [2.75, 3.05) is 19.6 Å². The van der Waals surface area contributed by atoms with Gasteiger partial charge in [0.15, 0.2) is 11.5 Å². The molecule has 0 atom stereocenters.